The van der Waals surface area contributed by atoms with Crippen molar-refractivity contribution < 1.29 is 4.39 Å². The zero-order valence-electron chi connectivity index (χ0n) is 12.0. The van der Waals surface area contributed by atoms with Gasteiger partial charge in [0.1, 0.15) is 5.82 Å². The van der Waals surface area contributed by atoms with E-state index in [1.54, 1.807) is 6.07 Å². The Balaban J connectivity index is 1.91. The van der Waals surface area contributed by atoms with E-state index in [9.17, 15) is 4.39 Å². The highest BCUT2D eigenvalue weighted by Gasteiger charge is 2.19. The van der Waals surface area contributed by atoms with Crippen LogP contribution >= 0.6 is 0 Å². The fourth-order valence-corrected chi connectivity index (χ4v) is 3.42. The summed E-state index contributed by atoms with van der Waals surface area (Å²) < 4.78 is 13.2. The van der Waals surface area contributed by atoms with Crippen LogP contribution in [0.25, 0.3) is 0 Å². The molecule has 1 aromatic rings. The predicted octanol–water partition coefficient (Wildman–Crippen LogP) is 4.17. The van der Waals surface area contributed by atoms with Crippen molar-refractivity contribution in [2.45, 2.75) is 44.9 Å². The third-order valence-electron chi connectivity index (χ3n) is 4.30. The smallest absolute Gasteiger partial charge is 0.123 e. The van der Waals surface area contributed by atoms with Crippen LogP contribution in [0.15, 0.2) is 24.3 Å². The molecule has 1 atom stereocenters. The molecule has 19 heavy (non-hydrogen) atoms. The first-order chi connectivity index (χ1) is 9.28. The molecule has 2 heteroatoms. The first kappa shape index (κ1) is 14.5. The van der Waals surface area contributed by atoms with Gasteiger partial charge in [0.25, 0.3) is 0 Å². The Kier molecular flexibility index (Phi) is 5.84. The molecule has 1 unspecified atom stereocenters. The summed E-state index contributed by atoms with van der Waals surface area (Å²) in [6.45, 7) is 1.03. The van der Waals surface area contributed by atoms with Crippen LogP contribution in [0.1, 0.15) is 44.1 Å². The zero-order chi connectivity index (χ0) is 13.5. The summed E-state index contributed by atoms with van der Waals surface area (Å²) >= 11 is 0. The maximum absolute atomic E-state index is 13.2. The summed E-state index contributed by atoms with van der Waals surface area (Å²) in [5.41, 5.74) is 1.14. The number of nitrogens with one attached hydrogen (secondary N) is 1. The molecule has 1 nitrogen and oxygen atoms in total. The monoisotopic (exact) mass is 263 g/mol. The highest BCUT2D eigenvalue weighted by atomic mass is 19.1. The van der Waals surface area contributed by atoms with E-state index < -0.39 is 0 Å². The molecule has 0 spiro atoms. The van der Waals surface area contributed by atoms with E-state index in [1.165, 1.54) is 44.6 Å². The van der Waals surface area contributed by atoms with Gasteiger partial charge in [-0.3, -0.25) is 0 Å². The minimum atomic E-state index is -0.113. The molecule has 1 N–H and O–H groups in total. The van der Waals surface area contributed by atoms with Gasteiger partial charge in [0.2, 0.25) is 0 Å². The molecule has 0 aromatic heterocycles. The van der Waals surface area contributed by atoms with Crippen molar-refractivity contribution in [3.8, 4) is 0 Å². The molecular weight excluding hydrogens is 237 g/mol. The van der Waals surface area contributed by atoms with Crippen molar-refractivity contribution in [1.82, 2.24) is 5.32 Å². The molecule has 1 saturated carbocycles. The molecule has 1 aromatic carbocycles. The lowest BCUT2D eigenvalue weighted by molar-refractivity contribution is 0.283. The van der Waals surface area contributed by atoms with Crippen molar-refractivity contribution in [2.24, 2.45) is 11.8 Å². The molecule has 1 aliphatic carbocycles. The molecule has 0 radical (unpaired) electrons. The van der Waals surface area contributed by atoms with Gasteiger partial charge in [0.15, 0.2) is 0 Å². The number of hydrogen-bond donors (Lipinski definition) is 1. The van der Waals surface area contributed by atoms with Gasteiger partial charge in [-0.2, -0.15) is 0 Å². The second-order valence-electron chi connectivity index (χ2n) is 6.00. The lowest BCUT2D eigenvalue weighted by atomic mass is 9.81. The Bertz CT molecular complexity index is 371. The highest BCUT2D eigenvalue weighted by molar-refractivity contribution is 5.17. The van der Waals surface area contributed by atoms with Crippen LogP contribution in [-0.2, 0) is 6.42 Å². The van der Waals surface area contributed by atoms with Crippen molar-refractivity contribution in [3.05, 3.63) is 35.6 Å². The van der Waals surface area contributed by atoms with Crippen LogP contribution in [-0.4, -0.2) is 13.6 Å². The van der Waals surface area contributed by atoms with Crippen molar-refractivity contribution in [2.75, 3.05) is 13.6 Å². The Hall–Kier alpha value is -0.890. The Morgan fingerprint density at radius 1 is 1.26 bits per heavy atom. The van der Waals surface area contributed by atoms with Crippen molar-refractivity contribution in [1.29, 1.82) is 0 Å². The third-order valence-corrected chi connectivity index (χ3v) is 4.30. The van der Waals surface area contributed by atoms with Crippen LogP contribution in [0, 0.1) is 17.7 Å². The van der Waals surface area contributed by atoms with E-state index in [0.717, 1.165) is 24.4 Å². The summed E-state index contributed by atoms with van der Waals surface area (Å²) in [5.74, 6) is 1.41. The van der Waals surface area contributed by atoms with Gasteiger partial charge in [-0.25, -0.2) is 4.39 Å². The number of rotatable bonds is 6. The van der Waals surface area contributed by atoms with E-state index >= 15 is 0 Å². The molecule has 0 bridgehead atoms. The summed E-state index contributed by atoms with van der Waals surface area (Å²) in [5, 5.41) is 3.30. The second-order valence-corrected chi connectivity index (χ2v) is 6.00. The lowest BCUT2D eigenvalue weighted by Gasteiger charge is -2.26. The average molecular weight is 263 g/mol. The van der Waals surface area contributed by atoms with E-state index in [0.29, 0.717) is 5.92 Å². The summed E-state index contributed by atoms with van der Waals surface area (Å²) in [4.78, 5) is 0. The van der Waals surface area contributed by atoms with Crippen LogP contribution in [0.3, 0.4) is 0 Å². The van der Waals surface area contributed by atoms with Crippen molar-refractivity contribution in [3.63, 3.8) is 0 Å². The van der Waals surface area contributed by atoms with Crippen LogP contribution in [0.4, 0.5) is 4.39 Å². The van der Waals surface area contributed by atoms with Gasteiger partial charge in [-0.05, 0) is 56.0 Å². The predicted molar refractivity (Wildman–Crippen MR) is 78.7 cm³/mol. The molecule has 0 saturated heterocycles. The molecule has 2 rings (SSSR count). The second kappa shape index (κ2) is 7.64. The normalized spacial score (nSPS) is 18.4. The molecule has 0 heterocycles. The molecule has 0 amide bonds. The SMILES string of the molecule is CNCC(Cc1cccc(F)c1)CC1CCCCC1. The minimum absolute atomic E-state index is 0.113. The number of hydrogen-bond acceptors (Lipinski definition) is 1. The Morgan fingerprint density at radius 3 is 2.74 bits per heavy atom. The van der Waals surface area contributed by atoms with Gasteiger partial charge >= 0.3 is 0 Å². The first-order valence-electron chi connectivity index (χ1n) is 7.67. The maximum atomic E-state index is 13.2. The van der Waals surface area contributed by atoms with Crippen LogP contribution in [0.2, 0.25) is 0 Å². The summed E-state index contributed by atoms with van der Waals surface area (Å²) in [7, 11) is 2.01. The minimum Gasteiger partial charge on any atom is -0.319 e. The summed E-state index contributed by atoms with van der Waals surface area (Å²) in [6.07, 6.45) is 9.28. The first-order valence-corrected chi connectivity index (χ1v) is 7.67. The average Bonchev–Trinajstić information content (AvgIpc) is 2.40. The van der Waals surface area contributed by atoms with E-state index in [2.05, 4.69) is 5.32 Å². The molecule has 1 fully saturated rings. The Labute approximate surface area is 116 Å². The van der Waals surface area contributed by atoms with Crippen LogP contribution < -0.4 is 5.32 Å². The van der Waals surface area contributed by atoms with E-state index in [-0.39, 0.29) is 5.82 Å². The number of halogens is 1. The summed E-state index contributed by atoms with van der Waals surface area (Å²) in [6, 6.07) is 7.08. The zero-order valence-corrected chi connectivity index (χ0v) is 12.0. The molecule has 1 aliphatic rings. The van der Waals surface area contributed by atoms with Gasteiger partial charge in [0, 0.05) is 0 Å². The lowest BCUT2D eigenvalue weighted by Crippen LogP contribution is -2.24. The largest absolute Gasteiger partial charge is 0.319 e. The number of benzene rings is 1. The fraction of sp³-hybridized carbons (Fsp3) is 0.647. The van der Waals surface area contributed by atoms with Gasteiger partial charge in [-0.15, -0.1) is 0 Å². The van der Waals surface area contributed by atoms with Gasteiger partial charge in [-0.1, -0.05) is 44.2 Å². The van der Waals surface area contributed by atoms with Crippen molar-refractivity contribution >= 4 is 0 Å². The molecule has 0 aliphatic heterocycles. The molecule has 106 valence electrons. The van der Waals surface area contributed by atoms with Crippen LogP contribution in [0.5, 0.6) is 0 Å². The quantitative estimate of drug-likeness (QED) is 0.812. The van der Waals surface area contributed by atoms with E-state index in [4.69, 9.17) is 0 Å². The van der Waals surface area contributed by atoms with Gasteiger partial charge < -0.3 is 5.32 Å². The van der Waals surface area contributed by atoms with Gasteiger partial charge in [0.05, 0.1) is 0 Å². The maximum Gasteiger partial charge on any atom is 0.123 e. The topological polar surface area (TPSA) is 12.0 Å². The fourth-order valence-electron chi connectivity index (χ4n) is 3.42. The highest BCUT2D eigenvalue weighted by Crippen LogP contribution is 2.30. The molecular formula is C17H26FN. The standard InChI is InChI=1S/C17H26FN/c1-19-13-16(10-14-6-3-2-4-7-14)11-15-8-5-9-17(18)12-15/h5,8-9,12,14,16,19H,2-4,6-7,10-11,13H2,1H3. The third kappa shape index (κ3) is 4.94. The Morgan fingerprint density at radius 2 is 2.05 bits per heavy atom. The van der Waals surface area contributed by atoms with E-state index in [1.807, 2.05) is 19.2 Å².